The van der Waals surface area contributed by atoms with E-state index in [1.54, 1.807) is 0 Å². The van der Waals surface area contributed by atoms with E-state index in [1.165, 1.54) is 38.1 Å². The molecule has 8 nitrogen and oxygen atoms in total. The maximum Gasteiger partial charge on any atom is 0.334 e. The highest BCUT2D eigenvalue weighted by Crippen LogP contribution is 2.39. The first-order valence-electron chi connectivity index (χ1n) is 6.70. The zero-order chi connectivity index (χ0) is 17.3. The van der Waals surface area contributed by atoms with Gasteiger partial charge in [-0.2, -0.15) is 0 Å². The van der Waals surface area contributed by atoms with Crippen molar-refractivity contribution in [1.29, 1.82) is 0 Å². The van der Waals surface area contributed by atoms with Crippen LogP contribution in [0.4, 0.5) is 5.69 Å². The molecule has 2 unspecified atom stereocenters. The zero-order valence-electron chi connectivity index (χ0n) is 12.4. The van der Waals surface area contributed by atoms with Crippen LogP contribution in [-0.4, -0.2) is 32.8 Å². The van der Waals surface area contributed by atoms with Crippen LogP contribution < -0.4 is 0 Å². The van der Waals surface area contributed by atoms with Gasteiger partial charge in [-0.25, -0.2) is 4.79 Å². The molecule has 0 amide bonds. The number of allylic oxidation sites excluding steroid dienone is 1. The molecule has 1 aromatic rings. The first-order chi connectivity index (χ1) is 10.7. The number of carboxylic acid groups (broad SMARTS) is 2. The number of aliphatic imine (C=N–C) groups is 1. The summed E-state index contributed by atoms with van der Waals surface area (Å²) in [6.45, 7) is 2.99. The molecule has 0 saturated carbocycles. The first kappa shape index (κ1) is 16.3. The van der Waals surface area contributed by atoms with Crippen LogP contribution in [-0.2, 0) is 9.59 Å². The van der Waals surface area contributed by atoms with Crippen molar-refractivity contribution in [1.82, 2.24) is 0 Å². The average molecular weight is 318 g/mol. The molecule has 0 bridgehead atoms. The van der Waals surface area contributed by atoms with Crippen molar-refractivity contribution >= 4 is 23.3 Å². The molecule has 0 fully saturated rings. The second-order valence-electron chi connectivity index (χ2n) is 5.20. The van der Waals surface area contributed by atoms with Crippen molar-refractivity contribution < 1.29 is 24.7 Å². The average Bonchev–Trinajstić information content (AvgIpc) is 2.45. The quantitative estimate of drug-likeness (QED) is 0.646. The van der Waals surface area contributed by atoms with E-state index in [1.807, 2.05) is 0 Å². The molecule has 0 aromatic heterocycles. The van der Waals surface area contributed by atoms with E-state index < -0.39 is 28.7 Å². The molecule has 2 N–H and O–H groups in total. The highest BCUT2D eigenvalue weighted by atomic mass is 16.6. The van der Waals surface area contributed by atoms with Gasteiger partial charge >= 0.3 is 11.9 Å². The number of hydrogen-bond acceptors (Lipinski definition) is 5. The lowest BCUT2D eigenvalue weighted by atomic mass is 9.75. The van der Waals surface area contributed by atoms with Crippen molar-refractivity contribution in [3.8, 4) is 0 Å². The third-order valence-electron chi connectivity index (χ3n) is 3.76. The number of nitro groups is 1. The van der Waals surface area contributed by atoms with Gasteiger partial charge in [0, 0.05) is 29.5 Å². The Morgan fingerprint density at radius 3 is 2.43 bits per heavy atom. The molecule has 0 saturated heterocycles. The predicted octanol–water partition coefficient (Wildman–Crippen LogP) is 2.21. The Morgan fingerprint density at radius 1 is 1.26 bits per heavy atom. The normalized spacial score (nSPS) is 20.9. The van der Waals surface area contributed by atoms with Crippen molar-refractivity contribution in [2.75, 3.05) is 0 Å². The summed E-state index contributed by atoms with van der Waals surface area (Å²) >= 11 is 0. The number of rotatable bonds is 4. The monoisotopic (exact) mass is 318 g/mol. The van der Waals surface area contributed by atoms with E-state index in [-0.39, 0.29) is 28.2 Å². The molecule has 2 rings (SSSR count). The molecule has 2 atom stereocenters. The molecule has 0 aliphatic carbocycles. The van der Waals surface area contributed by atoms with Gasteiger partial charge in [-0.1, -0.05) is 12.1 Å². The van der Waals surface area contributed by atoms with Gasteiger partial charge in [0.25, 0.3) is 5.69 Å². The standard InChI is InChI=1S/C15H14N2O6/c1-7-11(14(18)19)13(12(15(20)21)8(2)16-7)9-4-3-5-10(6-9)17(22)23/h3-6,11,13H,1-2H3,(H,18,19)(H,20,21). The highest BCUT2D eigenvalue weighted by molar-refractivity contribution is 6.06. The third kappa shape index (κ3) is 2.96. The van der Waals surface area contributed by atoms with Gasteiger partial charge in [0.1, 0.15) is 5.92 Å². The summed E-state index contributed by atoms with van der Waals surface area (Å²) in [5.74, 6) is -4.75. The molecule has 0 spiro atoms. The number of carboxylic acids is 2. The fraction of sp³-hybridized carbons (Fsp3) is 0.267. The van der Waals surface area contributed by atoms with E-state index in [2.05, 4.69) is 4.99 Å². The van der Waals surface area contributed by atoms with Gasteiger partial charge < -0.3 is 10.2 Å². The minimum absolute atomic E-state index is 0.163. The number of carbonyl (C=O) groups is 2. The van der Waals surface area contributed by atoms with Crippen LogP contribution in [0.1, 0.15) is 25.3 Å². The molecular weight excluding hydrogens is 304 g/mol. The van der Waals surface area contributed by atoms with Gasteiger partial charge in [-0.15, -0.1) is 0 Å². The Balaban J connectivity index is 2.69. The molecule has 1 aromatic carbocycles. The predicted molar refractivity (Wildman–Crippen MR) is 80.4 cm³/mol. The van der Waals surface area contributed by atoms with Gasteiger partial charge in [0.05, 0.1) is 10.5 Å². The summed E-state index contributed by atoms with van der Waals surface area (Å²) in [5.41, 5.74) is 0.329. The topological polar surface area (TPSA) is 130 Å². The van der Waals surface area contributed by atoms with E-state index >= 15 is 0 Å². The number of nitrogens with zero attached hydrogens (tertiary/aromatic N) is 2. The van der Waals surface area contributed by atoms with Gasteiger partial charge in [0.2, 0.25) is 0 Å². The maximum atomic E-state index is 11.6. The Bertz CT molecular complexity index is 765. The summed E-state index contributed by atoms with van der Waals surface area (Å²) < 4.78 is 0. The number of nitro benzene ring substituents is 1. The minimum Gasteiger partial charge on any atom is -0.481 e. The Hall–Kier alpha value is -3.03. The second-order valence-corrected chi connectivity index (χ2v) is 5.20. The molecule has 0 radical (unpaired) electrons. The first-order valence-corrected chi connectivity index (χ1v) is 6.70. The molecule has 120 valence electrons. The largest absolute Gasteiger partial charge is 0.481 e. The van der Waals surface area contributed by atoms with Crippen molar-refractivity contribution in [2.24, 2.45) is 10.9 Å². The lowest BCUT2D eigenvalue weighted by Gasteiger charge is -2.29. The van der Waals surface area contributed by atoms with Crippen molar-refractivity contribution in [3.63, 3.8) is 0 Å². The van der Waals surface area contributed by atoms with Crippen LogP contribution >= 0.6 is 0 Å². The lowest BCUT2D eigenvalue weighted by Crippen LogP contribution is -2.34. The molecule has 23 heavy (non-hydrogen) atoms. The number of benzene rings is 1. The molecule has 8 heteroatoms. The lowest BCUT2D eigenvalue weighted by molar-refractivity contribution is -0.384. The maximum absolute atomic E-state index is 11.6. The van der Waals surface area contributed by atoms with Crippen LogP contribution in [0.2, 0.25) is 0 Å². The van der Waals surface area contributed by atoms with Gasteiger partial charge in [0.15, 0.2) is 0 Å². The van der Waals surface area contributed by atoms with Crippen LogP contribution in [0.5, 0.6) is 0 Å². The summed E-state index contributed by atoms with van der Waals surface area (Å²) in [4.78, 5) is 37.5. The summed E-state index contributed by atoms with van der Waals surface area (Å²) in [6, 6.07) is 5.36. The fourth-order valence-electron chi connectivity index (χ4n) is 2.83. The van der Waals surface area contributed by atoms with Crippen LogP contribution in [0.25, 0.3) is 0 Å². The van der Waals surface area contributed by atoms with E-state index in [0.717, 1.165) is 0 Å². The van der Waals surface area contributed by atoms with Gasteiger partial charge in [-0.05, 0) is 19.4 Å². The number of aliphatic carboxylic acids is 2. The molecule has 1 aliphatic heterocycles. The van der Waals surface area contributed by atoms with E-state index in [9.17, 15) is 29.9 Å². The smallest absolute Gasteiger partial charge is 0.334 e. The van der Waals surface area contributed by atoms with Crippen molar-refractivity contribution in [2.45, 2.75) is 19.8 Å². The second kappa shape index (κ2) is 5.99. The summed E-state index contributed by atoms with van der Waals surface area (Å²) in [6.07, 6.45) is 0. The molecule has 1 aliphatic rings. The minimum atomic E-state index is -1.29. The van der Waals surface area contributed by atoms with Crippen LogP contribution in [0.3, 0.4) is 0 Å². The number of non-ortho nitro benzene ring substituents is 1. The van der Waals surface area contributed by atoms with E-state index in [0.29, 0.717) is 0 Å². The molecule has 1 heterocycles. The van der Waals surface area contributed by atoms with Crippen LogP contribution in [0.15, 0.2) is 40.5 Å². The Morgan fingerprint density at radius 2 is 1.91 bits per heavy atom. The summed E-state index contributed by atoms with van der Waals surface area (Å²) in [7, 11) is 0. The summed E-state index contributed by atoms with van der Waals surface area (Å²) in [5, 5.41) is 29.9. The van der Waals surface area contributed by atoms with Crippen molar-refractivity contribution in [3.05, 3.63) is 51.2 Å². The zero-order valence-corrected chi connectivity index (χ0v) is 12.4. The third-order valence-corrected chi connectivity index (χ3v) is 3.76. The Labute approximate surface area is 130 Å². The number of hydrogen-bond donors (Lipinski definition) is 2. The SMILES string of the molecule is CC1=NC(C)=C(C(=O)O)C(c2cccc([N+](=O)[O-])c2)C1C(=O)O. The molecular formula is C15H14N2O6. The Kier molecular flexibility index (Phi) is 4.26. The fourth-order valence-corrected chi connectivity index (χ4v) is 2.83. The van der Waals surface area contributed by atoms with Crippen LogP contribution in [0, 0.1) is 16.0 Å². The van der Waals surface area contributed by atoms with E-state index in [4.69, 9.17) is 0 Å². The van der Waals surface area contributed by atoms with Gasteiger partial charge in [-0.3, -0.25) is 19.9 Å². The highest BCUT2D eigenvalue weighted by Gasteiger charge is 2.41.